The maximum absolute atomic E-state index is 13.5. The smallest absolute Gasteiger partial charge is 0.768 e. The number of nitrogens with zero attached hydrogens (tertiary/aromatic N) is 3. The molecule has 0 aliphatic carbocycles. The quantitative estimate of drug-likeness (QED) is 0.429. The molecule has 0 spiro atoms. The van der Waals surface area contributed by atoms with Gasteiger partial charge in [-0.05, 0) is 23.2 Å². The minimum Gasteiger partial charge on any atom is -0.768 e. The molecule has 23 heavy (non-hydrogen) atoms. The standard InChI is InChI=1S/C13H14FN3O4S.Na/c1-16-12(18)9-6-8(14)7-10(22(19)20)11(9)15-13(16)17-2-4-21-5-3-17;/h6-7H,2-5H2,1H3,(H,19,20);/q;+1/p-1. The Kier molecular flexibility index (Phi) is 5.93. The topological polar surface area (TPSA) is 87.5 Å². The molecule has 0 saturated carbocycles. The molecule has 1 aliphatic rings. The normalized spacial score (nSPS) is 16.2. The van der Waals surface area contributed by atoms with E-state index < -0.39 is 22.5 Å². The van der Waals surface area contributed by atoms with Crippen LogP contribution in [-0.2, 0) is 22.9 Å². The second kappa shape index (κ2) is 7.37. The van der Waals surface area contributed by atoms with Gasteiger partial charge < -0.3 is 14.2 Å². The first-order valence-electron chi connectivity index (χ1n) is 6.61. The predicted octanol–water partition coefficient (Wildman–Crippen LogP) is -2.85. The number of rotatable bonds is 2. The van der Waals surface area contributed by atoms with E-state index >= 15 is 0 Å². The second-order valence-electron chi connectivity index (χ2n) is 4.91. The summed E-state index contributed by atoms with van der Waals surface area (Å²) >= 11 is -2.69. The van der Waals surface area contributed by atoms with Crippen LogP contribution in [0.25, 0.3) is 10.9 Å². The van der Waals surface area contributed by atoms with Crippen LogP contribution in [-0.4, -0.2) is 44.6 Å². The third-order valence-electron chi connectivity index (χ3n) is 3.56. The summed E-state index contributed by atoms with van der Waals surface area (Å²) in [4.78, 5) is 18.2. The van der Waals surface area contributed by atoms with Crippen LogP contribution in [0.2, 0.25) is 0 Å². The Balaban J connectivity index is 0.00000192. The van der Waals surface area contributed by atoms with Gasteiger partial charge in [0.05, 0.1) is 29.0 Å². The Morgan fingerprint density at radius 3 is 2.61 bits per heavy atom. The van der Waals surface area contributed by atoms with E-state index in [1.807, 2.05) is 4.90 Å². The minimum absolute atomic E-state index is 0. The van der Waals surface area contributed by atoms with Crippen LogP contribution in [0.15, 0.2) is 21.8 Å². The second-order valence-corrected chi connectivity index (χ2v) is 5.82. The molecule has 2 aromatic rings. The number of aromatic nitrogens is 2. The molecular formula is C13H13FN3NaO4S. The fraction of sp³-hybridized carbons (Fsp3) is 0.385. The van der Waals surface area contributed by atoms with E-state index in [1.165, 1.54) is 11.6 Å². The van der Waals surface area contributed by atoms with Crippen LogP contribution in [0.1, 0.15) is 0 Å². The third kappa shape index (κ3) is 3.49. The van der Waals surface area contributed by atoms with Crippen molar-refractivity contribution in [2.75, 3.05) is 31.2 Å². The molecule has 1 aromatic heterocycles. The molecule has 1 fully saturated rings. The fourth-order valence-corrected chi connectivity index (χ4v) is 2.99. The molecular weight excluding hydrogens is 336 g/mol. The maximum Gasteiger partial charge on any atom is 1.00 e. The van der Waals surface area contributed by atoms with Gasteiger partial charge in [0.2, 0.25) is 5.95 Å². The predicted molar refractivity (Wildman–Crippen MR) is 77.2 cm³/mol. The van der Waals surface area contributed by atoms with Gasteiger partial charge in [-0.1, -0.05) is 0 Å². The molecule has 118 valence electrons. The Bertz CT molecular complexity index is 823. The largest absolute Gasteiger partial charge is 1.00 e. The number of benzene rings is 1. The van der Waals surface area contributed by atoms with Crippen molar-refractivity contribution in [3.63, 3.8) is 0 Å². The van der Waals surface area contributed by atoms with Crippen molar-refractivity contribution in [1.82, 2.24) is 9.55 Å². The van der Waals surface area contributed by atoms with E-state index in [0.29, 0.717) is 32.3 Å². The molecule has 1 aliphatic heterocycles. The van der Waals surface area contributed by atoms with E-state index in [9.17, 15) is 17.9 Å². The molecule has 7 nitrogen and oxygen atoms in total. The Morgan fingerprint density at radius 2 is 2.00 bits per heavy atom. The van der Waals surface area contributed by atoms with E-state index in [-0.39, 0.29) is 45.4 Å². The molecule has 0 amide bonds. The van der Waals surface area contributed by atoms with Crippen molar-refractivity contribution >= 4 is 27.9 Å². The van der Waals surface area contributed by atoms with Crippen molar-refractivity contribution in [3.05, 3.63) is 28.3 Å². The third-order valence-corrected chi connectivity index (χ3v) is 4.23. The van der Waals surface area contributed by atoms with Crippen LogP contribution in [0.4, 0.5) is 10.3 Å². The molecule has 1 aromatic carbocycles. The van der Waals surface area contributed by atoms with Gasteiger partial charge in [-0.3, -0.25) is 13.6 Å². The maximum atomic E-state index is 13.5. The number of morpholine rings is 1. The molecule has 3 rings (SSSR count). The first kappa shape index (κ1) is 18.5. The van der Waals surface area contributed by atoms with Gasteiger partial charge in [0, 0.05) is 20.1 Å². The molecule has 10 heteroatoms. The number of halogens is 1. The van der Waals surface area contributed by atoms with Crippen molar-refractivity contribution < 1.29 is 47.4 Å². The van der Waals surface area contributed by atoms with Gasteiger partial charge in [-0.15, -0.1) is 0 Å². The minimum atomic E-state index is -2.69. The number of hydrogen-bond acceptors (Lipinski definition) is 6. The van der Waals surface area contributed by atoms with Crippen LogP contribution in [0, 0.1) is 5.82 Å². The summed E-state index contributed by atoms with van der Waals surface area (Å²) in [5, 5.41) is -0.0568. The van der Waals surface area contributed by atoms with E-state index in [4.69, 9.17) is 4.74 Å². The summed E-state index contributed by atoms with van der Waals surface area (Å²) in [6.07, 6.45) is 0. The van der Waals surface area contributed by atoms with E-state index in [1.54, 1.807) is 0 Å². The SMILES string of the molecule is Cn1c(N2CCOCC2)nc2c(S(=O)[O-])cc(F)cc2c1=O.[Na+]. The summed E-state index contributed by atoms with van der Waals surface area (Å²) in [5.41, 5.74) is -0.503. The van der Waals surface area contributed by atoms with Crippen molar-refractivity contribution in [2.45, 2.75) is 4.90 Å². The van der Waals surface area contributed by atoms with Gasteiger partial charge in [0.15, 0.2) is 0 Å². The summed E-state index contributed by atoms with van der Waals surface area (Å²) < 4.78 is 42.7. The first-order valence-corrected chi connectivity index (χ1v) is 7.69. The summed E-state index contributed by atoms with van der Waals surface area (Å²) in [5.74, 6) is -0.441. The van der Waals surface area contributed by atoms with Gasteiger partial charge in [-0.25, -0.2) is 9.37 Å². The molecule has 1 saturated heterocycles. The zero-order valence-corrected chi connectivity index (χ0v) is 15.6. The Morgan fingerprint density at radius 1 is 1.35 bits per heavy atom. The summed E-state index contributed by atoms with van der Waals surface area (Å²) in [6, 6.07) is 1.87. The van der Waals surface area contributed by atoms with Crippen LogP contribution < -0.4 is 40.0 Å². The monoisotopic (exact) mass is 349 g/mol. The molecule has 2 heterocycles. The fourth-order valence-electron chi connectivity index (χ4n) is 2.47. The molecule has 0 bridgehead atoms. The van der Waals surface area contributed by atoms with E-state index in [0.717, 1.165) is 12.1 Å². The number of ether oxygens (including phenoxy) is 1. The van der Waals surface area contributed by atoms with Crippen molar-refractivity contribution in [3.8, 4) is 0 Å². The average Bonchev–Trinajstić information content (AvgIpc) is 2.51. The van der Waals surface area contributed by atoms with Gasteiger partial charge in [0.25, 0.3) is 5.56 Å². The van der Waals surface area contributed by atoms with Crippen LogP contribution in [0.5, 0.6) is 0 Å². The zero-order valence-electron chi connectivity index (χ0n) is 12.7. The van der Waals surface area contributed by atoms with Gasteiger partial charge in [-0.2, -0.15) is 0 Å². The Labute approximate surface area is 156 Å². The van der Waals surface area contributed by atoms with E-state index in [2.05, 4.69) is 4.98 Å². The van der Waals surface area contributed by atoms with Crippen molar-refractivity contribution in [1.29, 1.82) is 0 Å². The Hall–Kier alpha value is -0.840. The molecule has 0 radical (unpaired) electrons. The average molecular weight is 349 g/mol. The van der Waals surface area contributed by atoms with Crippen molar-refractivity contribution in [2.24, 2.45) is 7.05 Å². The first-order chi connectivity index (χ1) is 10.5. The summed E-state index contributed by atoms with van der Waals surface area (Å²) in [7, 11) is 1.53. The molecule has 0 N–H and O–H groups in total. The van der Waals surface area contributed by atoms with Crippen LogP contribution in [0.3, 0.4) is 0 Å². The number of fused-ring (bicyclic) bond motifs is 1. The number of hydrogen-bond donors (Lipinski definition) is 0. The number of anilines is 1. The zero-order chi connectivity index (χ0) is 15.9. The van der Waals surface area contributed by atoms with Gasteiger partial charge >= 0.3 is 29.6 Å². The van der Waals surface area contributed by atoms with Gasteiger partial charge in [0.1, 0.15) is 5.82 Å². The summed E-state index contributed by atoms with van der Waals surface area (Å²) in [6.45, 7) is 2.08. The molecule has 1 unspecified atom stereocenters. The van der Waals surface area contributed by atoms with Crippen LogP contribution >= 0.6 is 0 Å². The molecule has 1 atom stereocenters.